The minimum atomic E-state index is -1.25. The van der Waals surface area contributed by atoms with Gasteiger partial charge in [-0.05, 0) is 24.1 Å². The van der Waals surface area contributed by atoms with E-state index < -0.39 is 6.09 Å². The topological polar surface area (TPSA) is 53.1 Å². The fourth-order valence-corrected chi connectivity index (χ4v) is 2.72. The lowest BCUT2D eigenvalue weighted by molar-refractivity contribution is 0.181. The summed E-state index contributed by atoms with van der Waals surface area (Å²) < 4.78 is 2.01. The molecule has 0 saturated heterocycles. The van der Waals surface area contributed by atoms with Crippen LogP contribution in [0.5, 0.6) is 0 Å². The molecule has 1 aromatic heterocycles. The Morgan fingerprint density at radius 1 is 1.47 bits per heavy atom. The van der Waals surface area contributed by atoms with E-state index in [4.69, 9.17) is 0 Å². The summed E-state index contributed by atoms with van der Waals surface area (Å²) in [5.74, 6) is 0. The van der Waals surface area contributed by atoms with Crippen LogP contribution in [-0.4, -0.2) is 17.3 Å². The van der Waals surface area contributed by atoms with E-state index in [-0.39, 0.29) is 0 Å². The van der Waals surface area contributed by atoms with E-state index >= 15 is 0 Å². The fourth-order valence-electron chi connectivity index (χ4n) is 1.18. The smallest absolute Gasteiger partial charge is 0.219 e. The number of carbonyl (C=O) groups is 1. The molecular formula is C9H7N2O2S2. The van der Waals surface area contributed by atoms with Crippen LogP contribution in [0.2, 0.25) is 0 Å². The first-order chi connectivity index (χ1) is 7.22. The van der Waals surface area contributed by atoms with Crippen molar-refractivity contribution in [1.82, 2.24) is 4.98 Å². The summed E-state index contributed by atoms with van der Waals surface area (Å²) in [7, 11) is 0. The van der Waals surface area contributed by atoms with Crippen LogP contribution in [0.25, 0.3) is 10.2 Å². The largest absolute Gasteiger partial charge is 0.469 e. The van der Waals surface area contributed by atoms with E-state index in [2.05, 4.69) is 4.98 Å². The van der Waals surface area contributed by atoms with Crippen molar-refractivity contribution in [2.75, 3.05) is 10.6 Å². The fraction of sp³-hybridized carbons (Fsp3) is 0.111. The van der Waals surface area contributed by atoms with Crippen molar-refractivity contribution in [2.24, 2.45) is 0 Å². The first kappa shape index (κ1) is 10.3. The first-order valence-electron chi connectivity index (χ1n) is 4.13. The molecule has 0 spiro atoms. The summed E-state index contributed by atoms with van der Waals surface area (Å²) in [6.07, 6.45) is 0.420. The van der Waals surface area contributed by atoms with Gasteiger partial charge in [0.15, 0.2) is 0 Å². The number of para-hydroxylation sites is 1. The maximum absolute atomic E-state index is 10.8. The summed E-state index contributed by atoms with van der Waals surface area (Å²) in [6.45, 7) is 0. The van der Waals surface area contributed by atoms with Crippen LogP contribution in [0.1, 0.15) is 0 Å². The van der Waals surface area contributed by atoms with Crippen molar-refractivity contribution in [3.05, 3.63) is 24.3 Å². The molecular weight excluding hydrogens is 232 g/mol. The molecule has 0 bridgehead atoms. The van der Waals surface area contributed by atoms with Gasteiger partial charge in [-0.2, -0.15) is 4.31 Å². The number of nitrogens with zero attached hydrogens (tertiary/aromatic N) is 2. The summed E-state index contributed by atoms with van der Waals surface area (Å²) in [4.78, 5) is 15.0. The molecule has 0 atom stereocenters. The highest BCUT2D eigenvalue weighted by Crippen LogP contribution is 2.31. The number of hydrogen-bond acceptors (Lipinski definition) is 4. The Morgan fingerprint density at radius 3 is 2.80 bits per heavy atom. The zero-order chi connectivity index (χ0) is 10.8. The van der Waals surface area contributed by atoms with Gasteiger partial charge < -0.3 is 0 Å². The van der Waals surface area contributed by atoms with Crippen LogP contribution in [0.3, 0.4) is 0 Å². The summed E-state index contributed by atoms with van der Waals surface area (Å²) in [6, 6.07) is 7.52. The minimum Gasteiger partial charge on any atom is -0.219 e. The molecule has 2 aromatic rings. The van der Waals surface area contributed by atoms with Gasteiger partial charge in [-0.3, -0.25) is 0 Å². The zero-order valence-electron chi connectivity index (χ0n) is 7.84. The SMILES string of the molecule is CSN(C([O])=O)c1nc2ccccc2s1. The number of rotatable bonds is 2. The Bertz CT molecular complexity index is 465. The molecule has 0 aliphatic carbocycles. The third-order valence-electron chi connectivity index (χ3n) is 1.80. The molecule has 1 radical (unpaired) electrons. The van der Waals surface area contributed by atoms with Crippen molar-refractivity contribution in [3.8, 4) is 0 Å². The molecule has 1 aromatic carbocycles. The molecule has 0 aliphatic heterocycles. The van der Waals surface area contributed by atoms with Gasteiger partial charge in [-0.15, -0.1) is 0 Å². The average Bonchev–Trinajstić information content (AvgIpc) is 2.61. The van der Waals surface area contributed by atoms with Gasteiger partial charge in [0.25, 0.3) is 0 Å². The second kappa shape index (κ2) is 4.08. The summed E-state index contributed by atoms with van der Waals surface area (Å²) in [5, 5.41) is 11.2. The molecule has 1 amide bonds. The van der Waals surface area contributed by atoms with Crippen molar-refractivity contribution < 1.29 is 9.90 Å². The van der Waals surface area contributed by atoms with E-state index in [9.17, 15) is 9.90 Å². The Labute approximate surface area is 94.7 Å². The third kappa shape index (κ3) is 1.91. The van der Waals surface area contributed by atoms with Crippen LogP contribution >= 0.6 is 23.3 Å². The Morgan fingerprint density at radius 2 is 2.20 bits per heavy atom. The monoisotopic (exact) mass is 239 g/mol. The molecule has 0 saturated carbocycles. The normalized spacial score (nSPS) is 10.5. The predicted molar refractivity (Wildman–Crippen MR) is 61.7 cm³/mol. The Balaban J connectivity index is 2.47. The molecule has 77 valence electrons. The Hall–Kier alpha value is -1.27. The number of amides is 1. The summed E-state index contributed by atoms with van der Waals surface area (Å²) in [5.41, 5.74) is 0.804. The first-order valence-corrected chi connectivity index (χ1v) is 6.13. The quantitative estimate of drug-likeness (QED) is 0.757. The van der Waals surface area contributed by atoms with Crippen LogP contribution in [0.15, 0.2) is 24.3 Å². The van der Waals surface area contributed by atoms with E-state index in [1.54, 1.807) is 6.26 Å². The van der Waals surface area contributed by atoms with Gasteiger partial charge in [0.1, 0.15) is 0 Å². The number of aromatic nitrogens is 1. The average molecular weight is 239 g/mol. The van der Waals surface area contributed by atoms with Gasteiger partial charge in [0.05, 0.1) is 10.2 Å². The molecule has 0 aliphatic rings. The van der Waals surface area contributed by atoms with E-state index in [1.165, 1.54) is 11.3 Å². The van der Waals surface area contributed by atoms with Gasteiger partial charge in [-0.25, -0.2) is 14.9 Å². The van der Waals surface area contributed by atoms with Crippen molar-refractivity contribution in [2.45, 2.75) is 0 Å². The van der Waals surface area contributed by atoms with Gasteiger partial charge in [-0.1, -0.05) is 23.5 Å². The minimum absolute atomic E-state index is 0.434. The lowest BCUT2D eigenvalue weighted by atomic mass is 10.3. The maximum Gasteiger partial charge on any atom is 0.469 e. The predicted octanol–water partition coefficient (Wildman–Crippen LogP) is 2.93. The molecule has 1 heterocycles. The van der Waals surface area contributed by atoms with Crippen LogP contribution in [0.4, 0.5) is 9.93 Å². The van der Waals surface area contributed by atoms with Crippen LogP contribution in [-0.2, 0) is 5.11 Å². The van der Waals surface area contributed by atoms with Crippen LogP contribution in [0, 0.1) is 0 Å². The van der Waals surface area contributed by atoms with E-state index in [0.717, 1.165) is 26.5 Å². The van der Waals surface area contributed by atoms with Gasteiger partial charge in [0.2, 0.25) is 5.13 Å². The van der Waals surface area contributed by atoms with Crippen LogP contribution < -0.4 is 4.31 Å². The third-order valence-corrected chi connectivity index (χ3v) is 3.63. The van der Waals surface area contributed by atoms with E-state index in [1.807, 2.05) is 24.3 Å². The molecule has 6 heteroatoms. The van der Waals surface area contributed by atoms with Crippen molar-refractivity contribution in [1.29, 1.82) is 0 Å². The van der Waals surface area contributed by atoms with Crippen molar-refractivity contribution in [3.63, 3.8) is 0 Å². The second-order valence-electron chi connectivity index (χ2n) is 2.71. The molecule has 0 N–H and O–H groups in total. The molecule has 4 nitrogen and oxygen atoms in total. The number of fused-ring (bicyclic) bond motifs is 1. The lowest BCUT2D eigenvalue weighted by Crippen LogP contribution is -2.19. The standard InChI is InChI=1S/C9H7N2O2S2/c1-14-11(9(12)13)8-10-6-4-2-3-5-7(6)15-8/h2-5H,1H3. The lowest BCUT2D eigenvalue weighted by Gasteiger charge is -2.08. The molecule has 0 unspecified atom stereocenters. The highest BCUT2D eigenvalue weighted by Gasteiger charge is 2.19. The zero-order valence-corrected chi connectivity index (χ0v) is 9.47. The second-order valence-corrected chi connectivity index (χ2v) is 4.45. The molecule has 2 rings (SSSR count). The highest BCUT2D eigenvalue weighted by molar-refractivity contribution is 8.00. The number of carbonyl (C=O) groups excluding carboxylic acids is 1. The molecule has 15 heavy (non-hydrogen) atoms. The van der Waals surface area contributed by atoms with Crippen molar-refractivity contribution >= 4 is 44.7 Å². The number of anilines is 1. The summed E-state index contributed by atoms with van der Waals surface area (Å²) >= 11 is 2.40. The number of benzene rings is 1. The Kier molecular flexibility index (Phi) is 2.79. The highest BCUT2D eigenvalue weighted by atomic mass is 32.2. The van der Waals surface area contributed by atoms with Gasteiger partial charge in [0, 0.05) is 6.26 Å². The van der Waals surface area contributed by atoms with Gasteiger partial charge >= 0.3 is 6.09 Å². The molecule has 0 fully saturated rings. The number of thiazole rings is 1. The maximum atomic E-state index is 10.8. The van der Waals surface area contributed by atoms with E-state index in [0.29, 0.717) is 5.13 Å². The number of hydrogen-bond donors (Lipinski definition) is 0.